The van der Waals surface area contributed by atoms with Crippen LogP contribution in [-0.4, -0.2) is 17.5 Å². The first-order chi connectivity index (χ1) is 2.56. The van der Waals surface area contributed by atoms with Gasteiger partial charge in [-0.3, -0.25) is 4.56 Å². The van der Waals surface area contributed by atoms with Crippen molar-refractivity contribution in [3.05, 3.63) is 0 Å². The summed E-state index contributed by atoms with van der Waals surface area (Å²) in [4.78, 5) is 0. The molecule has 6 heteroatoms. The van der Waals surface area contributed by atoms with Gasteiger partial charge in [-0.15, -0.1) is 0 Å². The van der Waals surface area contributed by atoms with Crippen LogP contribution in [0.2, 0.25) is 0 Å². The fourth-order valence-corrected chi connectivity index (χ4v) is 0. The Hall–Kier alpha value is 0.870. The summed E-state index contributed by atoms with van der Waals surface area (Å²) < 4.78 is 35.2. The summed E-state index contributed by atoms with van der Waals surface area (Å²) in [6.45, 7) is 0. The molecule has 0 aromatic rings. The maximum Gasteiger partial charge on any atom is 1.00 e. The fraction of sp³-hybridized carbons (Fsp3) is 0. The number of hydrogen-bond acceptors (Lipinski definition) is 4. The van der Waals surface area contributed by atoms with Crippen molar-refractivity contribution < 1.29 is 47.1 Å². The van der Waals surface area contributed by atoms with E-state index in [1.165, 1.54) is 0 Å². The van der Waals surface area contributed by atoms with E-state index < -0.39 is 10.4 Å². The summed E-state index contributed by atoms with van der Waals surface area (Å²) in [5.41, 5.74) is 0. The summed E-state index contributed by atoms with van der Waals surface area (Å²) in [6.07, 6.45) is 0. The Labute approximate surface area is 58.9 Å². The van der Waals surface area contributed by atoms with Crippen LogP contribution in [-0.2, 0) is 10.4 Å². The van der Waals surface area contributed by atoms with Crippen molar-refractivity contribution in [2.75, 3.05) is 0 Å². The van der Waals surface area contributed by atoms with Gasteiger partial charge >= 0.3 is 29.6 Å². The van der Waals surface area contributed by atoms with Crippen LogP contribution in [0.4, 0.5) is 0 Å². The van der Waals surface area contributed by atoms with Gasteiger partial charge < -0.3 is 4.55 Å². The third kappa shape index (κ3) is 96.4. The first kappa shape index (κ1) is 6.87. The van der Waals surface area contributed by atoms with Gasteiger partial charge in [-0.2, -0.15) is 0 Å². The molecule has 0 atom stereocenters. The summed E-state index contributed by atoms with van der Waals surface area (Å²) in [7, 11) is -4.75. The van der Waals surface area contributed by atoms with Crippen LogP contribution in [0.5, 0.6) is 0 Å². The standard InChI is InChI=1S/Na.H2O4S/c;1-5(2,3)4/h;(H2,1,2,3,4)/q+1;/p-1/i/hD. The van der Waals surface area contributed by atoms with Gasteiger partial charge in [0.15, 0.2) is 0 Å². The predicted octanol–water partition coefficient (Wildman–Crippen LogP) is -3.99. The Kier molecular flexibility index (Phi) is 3.38. The number of hydrogen-bond donors (Lipinski definition) is 1. The number of rotatable bonds is 1. The minimum absolute atomic E-state index is 0. The van der Waals surface area contributed by atoms with E-state index in [1.54, 1.807) is 0 Å². The van der Waals surface area contributed by atoms with Gasteiger partial charge in [0.1, 0.15) is 0 Å². The minimum atomic E-state index is -4.75. The van der Waals surface area contributed by atoms with E-state index in [2.05, 4.69) is 4.56 Å². The molecule has 4 nitrogen and oxygen atoms in total. The van der Waals surface area contributed by atoms with Crippen LogP contribution < -0.4 is 29.6 Å². The van der Waals surface area contributed by atoms with Crippen molar-refractivity contribution in [1.82, 2.24) is 0 Å². The Morgan fingerprint density at radius 2 is 2.00 bits per heavy atom. The topological polar surface area (TPSA) is 77.4 Å². The second-order valence-corrected chi connectivity index (χ2v) is 1.22. The van der Waals surface area contributed by atoms with Gasteiger partial charge in [-0.25, -0.2) is 8.42 Å². The smallest absolute Gasteiger partial charge is 0.726 e. The second kappa shape index (κ2) is 2.95. The largest absolute Gasteiger partial charge is 1.00 e. The normalized spacial score (nSPS) is 11.8. The van der Waals surface area contributed by atoms with Crippen molar-refractivity contribution in [3.63, 3.8) is 0 Å². The maximum absolute atomic E-state index is 9.03. The zero-order valence-corrected chi connectivity index (χ0v) is 5.86. The monoisotopic (exact) mass is 121 g/mol. The Bertz CT molecular complexity index is 114. The molecule has 0 saturated heterocycles. The van der Waals surface area contributed by atoms with E-state index in [-0.39, 0.29) is 29.6 Å². The molecule has 0 aromatic heterocycles. The molecular formula is HNaO4S. The molecule has 0 aliphatic carbocycles. The third-order valence-corrected chi connectivity index (χ3v) is 0. The van der Waals surface area contributed by atoms with E-state index in [1.807, 2.05) is 0 Å². The van der Waals surface area contributed by atoms with E-state index in [9.17, 15) is 0 Å². The van der Waals surface area contributed by atoms with Crippen LogP contribution in [0.3, 0.4) is 0 Å². The average Bonchev–Trinajstić information content (AvgIpc) is 1.35. The van der Waals surface area contributed by atoms with Gasteiger partial charge in [0.2, 0.25) is 11.8 Å². The average molecular weight is 121 g/mol. The van der Waals surface area contributed by atoms with Crippen LogP contribution in [0, 0.1) is 0 Å². The van der Waals surface area contributed by atoms with Gasteiger partial charge in [0.25, 0.3) is 0 Å². The van der Waals surface area contributed by atoms with Crippen molar-refractivity contribution in [1.29, 1.82) is 1.43 Å². The minimum Gasteiger partial charge on any atom is -0.726 e. The molecule has 0 bridgehead atoms. The fourth-order valence-electron chi connectivity index (χ4n) is 0. The zero-order valence-electron chi connectivity index (χ0n) is 4.04. The molecule has 0 heterocycles. The van der Waals surface area contributed by atoms with Crippen molar-refractivity contribution in [3.8, 4) is 0 Å². The first-order valence-corrected chi connectivity index (χ1v) is 2.00. The summed E-state index contributed by atoms with van der Waals surface area (Å²) in [6, 6.07) is 0. The van der Waals surface area contributed by atoms with E-state index in [4.69, 9.17) is 14.4 Å². The summed E-state index contributed by atoms with van der Waals surface area (Å²) in [5.74, 6) is 0. The maximum atomic E-state index is 9.03. The molecule has 0 radical (unpaired) electrons. The van der Waals surface area contributed by atoms with E-state index in [0.717, 1.165) is 0 Å². The van der Waals surface area contributed by atoms with Crippen molar-refractivity contribution in [2.45, 2.75) is 0 Å². The van der Waals surface area contributed by atoms with Crippen LogP contribution in [0.1, 0.15) is 0 Å². The molecule has 0 aromatic carbocycles. The van der Waals surface area contributed by atoms with Gasteiger partial charge in [-0.05, 0) is 0 Å². The van der Waals surface area contributed by atoms with Gasteiger partial charge in [-0.1, -0.05) is 0 Å². The molecule has 0 aliphatic rings. The summed E-state index contributed by atoms with van der Waals surface area (Å²) in [5, 5.41) is 0. The molecule has 0 unspecified atom stereocenters. The molecule has 0 spiro atoms. The zero-order chi connectivity index (χ0) is 5.21. The predicted molar refractivity (Wildman–Crippen MR) is 12.3 cm³/mol. The van der Waals surface area contributed by atoms with Crippen LogP contribution in [0.25, 0.3) is 1.43 Å². The molecule has 0 saturated carbocycles. The molecule has 0 amide bonds. The molecule has 0 rings (SSSR count). The molecule has 0 fully saturated rings. The second-order valence-electron chi connectivity index (χ2n) is 0.408. The van der Waals surface area contributed by atoms with E-state index in [0.29, 0.717) is 0 Å². The van der Waals surface area contributed by atoms with Crippen LogP contribution in [0.15, 0.2) is 0 Å². The molecular weight excluding hydrogens is 119 g/mol. The van der Waals surface area contributed by atoms with Gasteiger partial charge in [0, 0.05) is 0 Å². The molecule has 1 N–H and O–H groups in total. The van der Waals surface area contributed by atoms with Crippen molar-refractivity contribution >= 4 is 10.4 Å². The molecule has 6 heavy (non-hydrogen) atoms. The Morgan fingerprint density at radius 3 is 2.00 bits per heavy atom. The van der Waals surface area contributed by atoms with Gasteiger partial charge in [0.05, 0.1) is 0 Å². The molecule has 0 aliphatic heterocycles. The quantitative estimate of drug-likeness (QED) is 0.218. The van der Waals surface area contributed by atoms with E-state index >= 15 is 0 Å². The van der Waals surface area contributed by atoms with Crippen molar-refractivity contribution in [2.24, 2.45) is 0 Å². The molecule has 32 valence electrons. The Balaban J connectivity index is 0. The first-order valence-electron chi connectivity index (χ1n) is 1.07. The third-order valence-electron chi connectivity index (χ3n) is 0. The van der Waals surface area contributed by atoms with Crippen LogP contribution >= 0.6 is 0 Å². The Morgan fingerprint density at radius 1 is 1.83 bits per heavy atom. The summed E-state index contributed by atoms with van der Waals surface area (Å²) >= 11 is 0. The SMILES string of the molecule is [2H]OS(=O)(=O)[O-].[Na+].